The molecule has 0 N–H and O–H groups in total. The average molecular weight is 310 g/mol. The van der Waals surface area contributed by atoms with Gasteiger partial charge in [0.05, 0.1) is 22.1 Å². The highest BCUT2D eigenvalue weighted by molar-refractivity contribution is 6.37. The van der Waals surface area contributed by atoms with Crippen molar-refractivity contribution in [3.05, 3.63) is 57.6 Å². The largest absolute Gasteiger partial charge is 0.399 e. The van der Waals surface area contributed by atoms with E-state index in [9.17, 15) is 0 Å². The lowest BCUT2D eigenvalue weighted by molar-refractivity contribution is 0.213. The summed E-state index contributed by atoms with van der Waals surface area (Å²) in [6, 6.07) is 5.24. The molecule has 1 aromatic heterocycles. The number of rotatable bonds is 4. The number of hydrogen-bond acceptors (Lipinski definition) is 4. The van der Waals surface area contributed by atoms with Crippen LogP contribution in [0.1, 0.15) is 17.0 Å². The van der Waals surface area contributed by atoms with E-state index >= 15 is 0 Å². The van der Waals surface area contributed by atoms with Crippen LogP contribution in [-0.4, -0.2) is 22.8 Å². The molecule has 0 bridgehead atoms. The molecule has 0 fully saturated rings. The molecule has 1 aromatic carbocycles. The van der Waals surface area contributed by atoms with Crippen LogP contribution in [0.4, 0.5) is 0 Å². The molecule has 1 heterocycles. The molecule has 2 rings (SSSR count). The number of hydrogen-bond donors (Lipinski definition) is 0. The number of nitrogens with zero attached hydrogens (tertiary/aromatic N) is 3. The van der Waals surface area contributed by atoms with E-state index in [1.54, 1.807) is 24.5 Å². The van der Waals surface area contributed by atoms with Crippen LogP contribution >= 0.6 is 23.2 Å². The maximum Gasteiger partial charge on any atom is 0.106 e. The van der Waals surface area contributed by atoms with Crippen molar-refractivity contribution in [3.63, 3.8) is 0 Å². The van der Waals surface area contributed by atoms with Gasteiger partial charge in [-0.25, -0.2) is 0 Å². The minimum Gasteiger partial charge on any atom is -0.399 e. The first-order valence-corrected chi connectivity index (χ1v) is 6.68. The first-order valence-electron chi connectivity index (χ1n) is 5.93. The van der Waals surface area contributed by atoms with E-state index in [4.69, 9.17) is 28.0 Å². The summed E-state index contributed by atoms with van der Waals surface area (Å²) in [6.45, 7) is 1.89. The van der Waals surface area contributed by atoms with Crippen molar-refractivity contribution in [2.75, 3.05) is 7.11 Å². The fourth-order valence-corrected chi connectivity index (χ4v) is 2.30. The van der Waals surface area contributed by atoms with Crippen LogP contribution in [0, 0.1) is 6.92 Å². The van der Waals surface area contributed by atoms with Gasteiger partial charge < -0.3 is 4.84 Å². The summed E-state index contributed by atoms with van der Waals surface area (Å²) in [5, 5.41) is 5.13. The zero-order chi connectivity index (χ0) is 14.5. The summed E-state index contributed by atoms with van der Waals surface area (Å²) in [4.78, 5) is 13.4. The third kappa shape index (κ3) is 3.68. The molecule has 2 aromatic rings. The molecule has 0 saturated heterocycles. The Balaban J connectivity index is 2.35. The van der Waals surface area contributed by atoms with E-state index in [0.29, 0.717) is 22.2 Å². The summed E-state index contributed by atoms with van der Waals surface area (Å²) in [6.07, 6.45) is 3.87. The number of halogens is 2. The Bertz CT molecular complexity index is 644. The molecule has 6 heteroatoms. The monoisotopic (exact) mass is 309 g/mol. The zero-order valence-electron chi connectivity index (χ0n) is 11.1. The highest BCUT2D eigenvalue weighted by Crippen LogP contribution is 2.22. The summed E-state index contributed by atoms with van der Waals surface area (Å²) >= 11 is 12.1. The normalized spacial score (nSPS) is 11.5. The maximum atomic E-state index is 6.20. The minimum atomic E-state index is 0.476. The standard InChI is InChI=1S/C14H13Cl2N3O/c1-9-7-17-8-11(18-9)6-14(19-20-2)12-4-3-10(15)5-13(12)16/h3-5,7-8H,6H2,1-2H3. The summed E-state index contributed by atoms with van der Waals surface area (Å²) in [5.41, 5.74) is 3.09. The number of aryl methyl sites for hydroxylation is 1. The van der Waals surface area contributed by atoms with Crippen molar-refractivity contribution in [3.8, 4) is 0 Å². The van der Waals surface area contributed by atoms with E-state index in [1.807, 2.05) is 13.0 Å². The van der Waals surface area contributed by atoms with Crippen molar-refractivity contribution in [1.29, 1.82) is 0 Å². The second-order valence-electron chi connectivity index (χ2n) is 4.17. The molecule has 0 spiro atoms. The van der Waals surface area contributed by atoms with E-state index in [2.05, 4.69) is 15.1 Å². The second kappa shape index (κ2) is 6.68. The van der Waals surface area contributed by atoms with Gasteiger partial charge in [-0.15, -0.1) is 0 Å². The van der Waals surface area contributed by atoms with Gasteiger partial charge in [0, 0.05) is 29.4 Å². The van der Waals surface area contributed by atoms with Crippen molar-refractivity contribution < 1.29 is 4.84 Å². The van der Waals surface area contributed by atoms with Gasteiger partial charge in [0.15, 0.2) is 0 Å². The van der Waals surface area contributed by atoms with Gasteiger partial charge in [0.25, 0.3) is 0 Å². The van der Waals surface area contributed by atoms with E-state index < -0.39 is 0 Å². The smallest absolute Gasteiger partial charge is 0.106 e. The fourth-order valence-electron chi connectivity index (χ4n) is 1.78. The van der Waals surface area contributed by atoms with Crippen LogP contribution in [0.15, 0.2) is 35.7 Å². The topological polar surface area (TPSA) is 47.4 Å². The minimum absolute atomic E-state index is 0.476. The second-order valence-corrected chi connectivity index (χ2v) is 5.02. The van der Waals surface area contributed by atoms with E-state index in [1.165, 1.54) is 7.11 Å². The SMILES string of the molecule is CON=C(Cc1cncc(C)n1)c1ccc(Cl)cc1Cl. The molecule has 0 unspecified atom stereocenters. The van der Waals surface area contributed by atoms with Crippen LogP contribution in [0.3, 0.4) is 0 Å². The van der Waals surface area contributed by atoms with Crippen LogP contribution in [0.25, 0.3) is 0 Å². The lowest BCUT2D eigenvalue weighted by atomic mass is 10.1. The van der Waals surface area contributed by atoms with Gasteiger partial charge in [-0.1, -0.05) is 34.4 Å². The van der Waals surface area contributed by atoms with E-state index in [-0.39, 0.29) is 0 Å². The quantitative estimate of drug-likeness (QED) is 0.639. The molecule has 4 nitrogen and oxygen atoms in total. The van der Waals surface area contributed by atoms with Gasteiger partial charge in [0.2, 0.25) is 0 Å². The highest BCUT2D eigenvalue weighted by atomic mass is 35.5. The molecule has 20 heavy (non-hydrogen) atoms. The predicted octanol–water partition coefficient (Wildman–Crippen LogP) is 3.69. The predicted molar refractivity (Wildman–Crippen MR) is 80.5 cm³/mol. The number of aromatic nitrogens is 2. The van der Waals surface area contributed by atoms with Gasteiger partial charge in [0.1, 0.15) is 7.11 Å². The van der Waals surface area contributed by atoms with Crippen molar-refractivity contribution in [2.24, 2.45) is 5.16 Å². The fraction of sp³-hybridized carbons (Fsp3) is 0.214. The summed E-state index contributed by atoms with van der Waals surface area (Å²) in [7, 11) is 1.49. The van der Waals surface area contributed by atoms with Crippen molar-refractivity contribution in [1.82, 2.24) is 9.97 Å². The van der Waals surface area contributed by atoms with E-state index in [0.717, 1.165) is 17.0 Å². The number of oxime groups is 1. The lowest BCUT2D eigenvalue weighted by Crippen LogP contribution is -2.09. The Kier molecular flexibility index (Phi) is 4.93. The average Bonchev–Trinajstić information content (AvgIpc) is 2.38. The van der Waals surface area contributed by atoms with Crippen molar-refractivity contribution in [2.45, 2.75) is 13.3 Å². The lowest BCUT2D eigenvalue weighted by Gasteiger charge is -2.08. The van der Waals surface area contributed by atoms with Gasteiger partial charge in [-0.3, -0.25) is 9.97 Å². The Hall–Kier alpha value is -1.65. The summed E-state index contributed by atoms with van der Waals surface area (Å²) < 4.78 is 0. The Labute approximate surface area is 127 Å². The first-order chi connectivity index (χ1) is 9.60. The van der Waals surface area contributed by atoms with Crippen molar-refractivity contribution >= 4 is 28.9 Å². The molecule has 104 valence electrons. The van der Waals surface area contributed by atoms with Crippen LogP contribution in [0.2, 0.25) is 10.0 Å². The molecule has 0 aliphatic rings. The molecule has 0 atom stereocenters. The van der Waals surface area contributed by atoms with Crippen LogP contribution < -0.4 is 0 Å². The van der Waals surface area contributed by atoms with Gasteiger partial charge in [-0.2, -0.15) is 0 Å². The van der Waals surface area contributed by atoms with Gasteiger partial charge >= 0.3 is 0 Å². The molecule has 0 saturated carbocycles. The molecule has 0 radical (unpaired) electrons. The molecule has 0 aliphatic carbocycles. The zero-order valence-corrected chi connectivity index (χ0v) is 12.6. The Morgan fingerprint density at radius 3 is 2.75 bits per heavy atom. The molecular formula is C14H13Cl2N3O. The van der Waals surface area contributed by atoms with Crippen LogP contribution in [-0.2, 0) is 11.3 Å². The number of benzene rings is 1. The highest BCUT2D eigenvalue weighted by Gasteiger charge is 2.12. The third-order valence-electron chi connectivity index (χ3n) is 2.60. The maximum absolute atomic E-state index is 6.20. The Morgan fingerprint density at radius 2 is 2.10 bits per heavy atom. The molecular weight excluding hydrogens is 297 g/mol. The Morgan fingerprint density at radius 1 is 1.30 bits per heavy atom. The first kappa shape index (κ1) is 14.8. The third-order valence-corrected chi connectivity index (χ3v) is 3.14. The molecule has 0 amide bonds. The van der Waals surface area contributed by atoms with Gasteiger partial charge in [-0.05, 0) is 19.1 Å². The summed E-state index contributed by atoms with van der Waals surface area (Å²) in [5.74, 6) is 0. The molecule has 0 aliphatic heterocycles. The van der Waals surface area contributed by atoms with Crippen LogP contribution in [0.5, 0.6) is 0 Å².